The number of nitrogens with zero attached hydrogens (tertiary/aromatic N) is 1. The zero-order valence-electron chi connectivity index (χ0n) is 9.38. The predicted octanol–water partition coefficient (Wildman–Crippen LogP) is 2.36. The first kappa shape index (κ1) is 15.2. The fraction of sp³-hybridized carbons (Fsp3) is 1.00. The summed E-state index contributed by atoms with van der Waals surface area (Å²) in [6.45, 7) is 3.04. The summed E-state index contributed by atoms with van der Waals surface area (Å²) in [4.78, 5) is 9.43. The fourth-order valence-electron chi connectivity index (χ4n) is 1.31. The maximum Gasteiger partial charge on any atom is 0.410 e. The second-order valence-corrected chi connectivity index (χ2v) is 3.71. The molecule has 16 heavy (non-hydrogen) atoms. The van der Waals surface area contributed by atoms with Crippen LogP contribution in [0.3, 0.4) is 0 Å². The van der Waals surface area contributed by atoms with E-state index in [1.54, 1.807) is 0 Å². The molecule has 0 amide bonds. The molecule has 96 valence electrons. The maximum absolute atomic E-state index is 12.5. The van der Waals surface area contributed by atoms with Crippen molar-refractivity contribution in [3.63, 3.8) is 0 Å². The van der Waals surface area contributed by atoms with E-state index in [-0.39, 0.29) is 6.54 Å². The van der Waals surface area contributed by atoms with E-state index in [9.17, 15) is 23.3 Å². The van der Waals surface area contributed by atoms with Crippen molar-refractivity contribution in [2.24, 2.45) is 0 Å². The number of rotatable bonds is 7. The Morgan fingerprint density at radius 1 is 1.38 bits per heavy atom. The highest BCUT2D eigenvalue weighted by atomic mass is 19.4. The number of unbranched alkanes of at least 4 members (excludes halogenated alkanes) is 2. The Balaban J connectivity index is 4.28. The van der Waals surface area contributed by atoms with Crippen LogP contribution in [-0.4, -0.2) is 29.7 Å². The maximum atomic E-state index is 12.5. The van der Waals surface area contributed by atoms with Crippen molar-refractivity contribution >= 4 is 0 Å². The number of hydrogen-bond acceptors (Lipinski definition) is 3. The SMILES string of the molecule is CCCCCNC(C(C)[N+](=O)[O-])C(F)(F)F. The predicted molar refractivity (Wildman–Crippen MR) is 53.8 cm³/mol. The topological polar surface area (TPSA) is 55.2 Å². The molecular formula is C9H17F3N2O2. The molecule has 0 aliphatic rings. The molecule has 0 aromatic rings. The minimum absolute atomic E-state index is 0.149. The van der Waals surface area contributed by atoms with Crippen molar-refractivity contribution in [1.29, 1.82) is 0 Å². The summed E-state index contributed by atoms with van der Waals surface area (Å²) in [6, 6.07) is -3.74. The molecule has 0 saturated heterocycles. The summed E-state index contributed by atoms with van der Waals surface area (Å²) < 4.78 is 37.4. The molecule has 0 aromatic carbocycles. The van der Waals surface area contributed by atoms with E-state index in [4.69, 9.17) is 0 Å². The highest BCUT2D eigenvalue weighted by molar-refractivity contribution is 4.80. The quantitative estimate of drug-likeness (QED) is 0.423. The van der Waals surface area contributed by atoms with Gasteiger partial charge in [0, 0.05) is 11.8 Å². The van der Waals surface area contributed by atoms with Crippen molar-refractivity contribution in [3.8, 4) is 0 Å². The summed E-state index contributed by atoms with van der Waals surface area (Å²) in [5.74, 6) is 0. The lowest BCUT2D eigenvalue weighted by molar-refractivity contribution is -0.530. The molecule has 0 radical (unpaired) electrons. The van der Waals surface area contributed by atoms with Crippen molar-refractivity contribution in [3.05, 3.63) is 10.1 Å². The third-order valence-corrected chi connectivity index (χ3v) is 2.31. The Morgan fingerprint density at radius 2 is 1.94 bits per heavy atom. The molecular weight excluding hydrogens is 225 g/mol. The van der Waals surface area contributed by atoms with Gasteiger partial charge in [0.15, 0.2) is 6.04 Å². The van der Waals surface area contributed by atoms with Crippen LogP contribution in [0.1, 0.15) is 33.1 Å². The summed E-state index contributed by atoms with van der Waals surface area (Å²) in [5.41, 5.74) is 0. The number of halogens is 3. The largest absolute Gasteiger partial charge is 0.410 e. The van der Waals surface area contributed by atoms with E-state index in [0.29, 0.717) is 6.42 Å². The van der Waals surface area contributed by atoms with Gasteiger partial charge >= 0.3 is 6.18 Å². The Hall–Kier alpha value is -0.850. The van der Waals surface area contributed by atoms with Gasteiger partial charge in [0.2, 0.25) is 6.04 Å². The van der Waals surface area contributed by atoms with Gasteiger partial charge in [-0.2, -0.15) is 13.2 Å². The Kier molecular flexibility index (Phi) is 6.32. The summed E-state index contributed by atoms with van der Waals surface area (Å²) >= 11 is 0. The lowest BCUT2D eigenvalue weighted by atomic mass is 10.1. The van der Waals surface area contributed by atoms with Crippen molar-refractivity contribution in [2.45, 2.75) is 51.4 Å². The van der Waals surface area contributed by atoms with Crippen LogP contribution in [0.25, 0.3) is 0 Å². The summed E-state index contributed by atoms with van der Waals surface area (Å²) in [5, 5.41) is 12.6. The van der Waals surface area contributed by atoms with Crippen LogP contribution < -0.4 is 5.32 Å². The van der Waals surface area contributed by atoms with Crippen LogP contribution >= 0.6 is 0 Å². The Morgan fingerprint density at radius 3 is 2.31 bits per heavy atom. The van der Waals surface area contributed by atoms with Crippen LogP contribution in [0, 0.1) is 10.1 Å². The third-order valence-electron chi connectivity index (χ3n) is 2.31. The van der Waals surface area contributed by atoms with Crippen LogP contribution in [0.5, 0.6) is 0 Å². The van der Waals surface area contributed by atoms with E-state index in [2.05, 4.69) is 5.32 Å². The second kappa shape index (κ2) is 6.67. The number of alkyl halides is 3. The van der Waals surface area contributed by atoms with E-state index in [0.717, 1.165) is 19.8 Å². The Bertz CT molecular complexity index is 221. The zero-order valence-corrected chi connectivity index (χ0v) is 9.38. The van der Waals surface area contributed by atoms with E-state index in [1.165, 1.54) is 0 Å². The highest BCUT2D eigenvalue weighted by Gasteiger charge is 2.47. The summed E-state index contributed by atoms with van der Waals surface area (Å²) in [7, 11) is 0. The van der Waals surface area contributed by atoms with Crippen molar-refractivity contribution in [2.75, 3.05) is 6.54 Å². The molecule has 4 nitrogen and oxygen atoms in total. The molecule has 0 rings (SSSR count). The van der Waals surface area contributed by atoms with Crippen LogP contribution in [0.2, 0.25) is 0 Å². The molecule has 2 atom stereocenters. The molecule has 0 bridgehead atoms. The lowest BCUT2D eigenvalue weighted by Crippen LogP contribution is -2.52. The monoisotopic (exact) mass is 242 g/mol. The van der Waals surface area contributed by atoms with Gasteiger partial charge in [0.1, 0.15) is 0 Å². The smallest absolute Gasteiger partial charge is 0.300 e. The third kappa shape index (κ3) is 5.29. The molecule has 0 aliphatic carbocycles. The molecule has 7 heteroatoms. The van der Waals surface area contributed by atoms with Gasteiger partial charge in [0.25, 0.3) is 0 Å². The molecule has 0 fully saturated rings. The number of hydrogen-bond donors (Lipinski definition) is 1. The molecule has 0 heterocycles. The van der Waals surface area contributed by atoms with Gasteiger partial charge in [-0.05, 0) is 13.0 Å². The molecule has 0 spiro atoms. The van der Waals surface area contributed by atoms with Crippen LogP contribution in [0.4, 0.5) is 13.2 Å². The first-order chi connectivity index (χ1) is 7.30. The molecule has 0 aliphatic heterocycles. The molecule has 0 aromatic heterocycles. The first-order valence-corrected chi connectivity index (χ1v) is 5.24. The average Bonchev–Trinajstić information content (AvgIpc) is 2.14. The van der Waals surface area contributed by atoms with Gasteiger partial charge in [-0.25, -0.2) is 0 Å². The van der Waals surface area contributed by atoms with E-state index >= 15 is 0 Å². The normalized spacial score (nSPS) is 15.8. The Labute approximate surface area is 92.4 Å². The van der Waals surface area contributed by atoms with Crippen LogP contribution in [0.15, 0.2) is 0 Å². The highest BCUT2D eigenvalue weighted by Crippen LogP contribution is 2.23. The van der Waals surface area contributed by atoms with E-state index < -0.39 is 23.2 Å². The van der Waals surface area contributed by atoms with Crippen molar-refractivity contribution < 1.29 is 18.1 Å². The zero-order chi connectivity index (χ0) is 12.8. The van der Waals surface area contributed by atoms with Gasteiger partial charge < -0.3 is 5.32 Å². The second-order valence-electron chi connectivity index (χ2n) is 3.71. The van der Waals surface area contributed by atoms with Gasteiger partial charge in [-0.3, -0.25) is 10.1 Å². The molecule has 1 N–H and O–H groups in total. The van der Waals surface area contributed by atoms with Gasteiger partial charge in [-0.15, -0.1) is 0 Å². The molecule has 0 saturated carbocycles. The minimum atomic E-state index is -4.58. The molecule has 2 unspecified atom stereocenters. The van der Waals surface area contributed by atoms with E-state index in [1.807, 2.05) is 6.92 Å². The minimum Gasteiger partial charge on any atom is -0.300 e. The number of nitrogens with one attached hydrogen (secondary N) is 1. The average molecular weight is 242 g/mol. The van der Waals surface area contributed by atoms with Crippen LogP contribution in [-0.2, 0) is 0 Å². The first-order valence-electron chi connectivity index (χ1n) is 5.24. The standard InChI is InChI=1S/C9H17F3N2O2/c1-3-4-5-6-13-8(9(10,11)12)7(2)14(15)16/h7-8,13H,3-6H2,1-2H3. The van der Waals surface area contributed by atoms with Gasteiger partial charge in [0.05, 0.1) is 0 Å². The number of nitro groups is 1. The van der Waals surface area contributed by atoms with Crippen molar-refractivity contribution in [1.82, 2.24) is 5.32 Å². The van der Waals surface area contributed by atoms with Gasteiger partial charge in [-0.1, -0.05) is 19.8 Å². The fourth-order valence-corrected chi connectivity index (χ4v) is 1.31. The lowest BCUT2D eigenvalue weighted by Gasteiger charge is -2.22. The summed E-state index contributed by atoms with van der Waals surface area (Å²) in [6.07, 6.45) is -2.29.